The van der Waals surface area contributed by atoms with Crippen molar-refractivity contribution in [2.45, 2.75) is 31.6 Å². The van der Waals surface area contributed by atoms with Crippen LogP contribution in [0, 0.1) is 5.92 Å². The maximum absolute atomic E-state index is 11.8. The summed E-state index contributed by atoms with van der Waals surface area (Å²) in [5.74, 6) is 0.331. The molecule has 1 saturated heterocycles. The van der Waals surface area contributed by atoms with Gasteiger partial charge in [0.05, 0.1) is 0 Å². The van der Waals surface area contributed by atoms with Gasteiger partial charge in [-0.15, -0.1) is 0 Å². The van der Waals surface area contributed by atoms with Gasteiger partial charge >= 0.3 is 0 Å². The Morgan fingerprint density at radius 2 is 2.22 bits per heavy atom. The molecule has 0 spiro atoms. The van der Waals surface area contributed by atoms with Gasteiger partial charge in [0.2, 0.25) is 0 Å². The quantitative estimate of drug-likeness (QED) is 0.577. The summed E-state index contributed by atoms with van der Waals surface area (Å²) in [7, 11) is 1.86. The van der Waals surface area contributed by atoms with E-state index in [4.69, 9.17) is 9.78 Å². The zero-order valence-electron chi connectivity index (χ0n) is 10.7. The lowest BCUT2D eigenvalue weighted by Crippen LogP contribution is -2.51. The van der Waals surface area contributed by atoms with E-state index >= 15 is 0 Å². The first kappa shape index (κ1) is 13.5. The summed E-state index contributed by atoms with van der Waals surface area (Å²) < 4.78 is 0. The van der Waals surface area contributed by atoms with Gasteiger partial charge in [-0.3, -0.25) is 10.1 Å². The van der Waals surface area contributed by atoms with Crippen molar-refractivity contribution in [1.29, 1.82) is 0 Å². The molecule has 1 aliphatic heterocycles. The Morgan fingerprint density at radius 3 is 2.78 bits per heavy atom. The van der Waals surface area contributed by atoms with Crippen molar-refractivity contribution < 1.29 is 14.6 Å². The van der Waals surface area contributed by atoms with Crippen LogP contribution in [0.3, 0.4) is 0 Å². The molecule has 1 aliphatic carbocycles. The second kappa shape index (κ2) is 6.29. The first-order valence-electron chi connectivity index (χ1n) is 6.39. The lowest BCUT2D eigenvalue weighted by atomic mass is 10.2. The molecule has 3 N–H and O–H groups in total. The van der Waals surface area contributed by atoms with Crippen LogP contribution in [-0.4, -0.2) is 38.4 Å². The lowest BCUT2D eigenvalue weighted by molar-refractivity contribution is -0.371. The van der Waals surface area contributed by atoms with Gasteiger partial charge in [-0.1, -0.05) is 6.58 Å². The molecule has 0 aromatic heterocycles. The van der Waals surface area contributed by atoms with Crippen LogP contribution < -0.4 is 16.0 Å². The molecule has 0 radical (unpaired) electrons. The monoisotopic (exact) mass is 255 g/mol. The van der Waals surface area contributed by atoms with E-state index in [1.165, 1.54) is 12.8 Å². The Balaban J connectivity index is 1.68. The average Bonchev–Trinajstić information content (AvgIpc) is 3.21. The molecule has 2 unspecified atom stereocenters. The van der Waals surface area contributed by atoms with Gasteiger partial charge in [0.1, 0.15) is 6.23 Å². The Morgan fingerprint density at radius 1 is 1.44 bits per heavy atom. The predicted octanol–water partition coefficient (Wildman–Crippen LogP) is -0.118. The van der Waals surface area contributed by atoms with Crippen molar-refractivity contribution in [1.82, 2.24) is 16.0 Å². The zero-order valence-corrected chi connectivity index (χ0v) is 10.7. The second-order valence-electron chi connectivity index (χ2n) is 4.79. The molecule has 6 heteroatoms. The number of rotatable bonds is 6. The van der Waals surface area contributed by atoms with Crippen molar-refractivity contribution in [3.05, 3.63) is 12.3 Å². The maximum Gasteiger partial charge on any atom is 0.257 e. The van der Waals surface area contributed by atoms with E-state index in [0.717, 1.165) is 6.54 Å². The molecule has 2 fully saturated rings. The van der Waals surface area contributed by atoms with E-state index in [0.29, 0.717) is 24.6 Å². The Bertz CT molecular complexity index is 310. The SMILES string of the molecule is C=C(CCNC)NC(=O)C1CNC(C2CC2)OO1. The second-order valence-corrected chi connectivity index (χ2v) is 4.79. The first-order valence-corrected chi connectivity index (χ1v) is 6.39. The number of hydrogen-bond donors (Lipinski definition) is 3. The number of carbonyl (C=O) groups is 1. The summed E-state index contributed by atoms with van der Waals surface area (Å²) in [6.45, 7) is 5.05. The highest BCUT2D eigenvalue weighted by atomic mass is 17.2. The predicted molar refractivity (Wildman–Crippen MR) is 66.3 cm³/mol. The highest BCUT2D eigenvalue weighted by molar-refractivity contribution is 5.82. The summed E-state index contributed by atoms with van der Waals surface area (Å²) >= 11 is 0. The van der Waals surface area contributed by atoms with Gasteiger partial charge in [-0.25, -0.2) is 9.78 Å². The van der Waals surface area contributed by atoms with Crippen LogP contribution in [0.15, 0.2) is 12.3 Å². The fourth-order valence-electron chi connectivity index (χ4n) is 1.79. The maximum atomic E-state index is 11.8. The van der Waals surface area contributed by atoms with E-state index in [9.17, 15) is 4.79 Å². The summed E-state index contributed by atoms with van der Waals surface area (Å²) in [4.78, 5) is 22.1. The van der Waals surface area contributed by atoms with Crippen LogP contribution in [-0.2, 0) is 14.6 Å². The largest absolute Gasteiger partial charge is 0.328 e. The minimum absolute atomic E-state index is 0.0541. The smallest absolute Gasteiger partial charge is 0.257 e. The van der Waals surface area contributed by atoms with Gasteiger partial charge in [0, 0.05) is 24.7 Å². The number of hydrogen-bond acceptors (Lipinski definition) is 5. The van der Waals surface area contributed by atoms with E-state index in [2.05, 4.69) is 22.5 Å². The molecule has 2 rings (SSSR count). The Hall–Kier alpha value is -0.950. The van der Waals surface area contributed by atoms with Crippen LogP contribution in [0.5, 0.6) is 0 Å². The van der Waals surface area contributed by atoms with Crippen LogP contribution >= 0.6 is 0 Å². The molecule has 0 bridgehead atoms. The third-order valence-electron chi connectivity index (χ3n) is 3.10. The zero-order chi connectivity index (χ0) is 13.0. The molecular weight excluding hydrogens is 234 g/mol. The molecule has 18 heavy (non-hydrogen) atoms. The summed E-state index contributed by atoms with van der Waals surface area (Å²) in [5, 5.41) is 8.90. The average molecular weight is 255 g/mol. The van der Waals surface area contributed by atoms with Gasteiger partial charge in [0.25, 0.3) is 5.91 Å². The number of carbonyl (C=O) groups excluding carboxylic acids is 1. The fraction of sp³-hybridized carbons (Fsp3) is 0.750. The summed E-state index contributed by atoms with van der Waals surface area (Å²) in [6.07, 6.45) is 2.37. The van der Waals surface area contributed by atoms with E-state index in [1.807, 2.05) is 7.05 Å². The van der Waals surface area contributed by atoms with Crippen molar-refractivity contribution in [2.75, 3.05) is 20.1 Å². The van der Waals surface area contributed by atoms with Crippen LogP contribution in [0.25, 0.3) is 0 Å². The molecule has 1 amide bonds. The topological polar surface area (TPSA) is 71.6 Å². The first-order chi connectivity index (χ1) is 8.70. The molecular formula is C12H21N3O3. The summed E-state index contributed by atoms with van der Waals surface area (Å²) in [6, 6.07) is 0. The third-order valence-corrected chi connectivity index (χ3v) is 3.10. The minimum Gasteiger partial charge on any atom is -0.328 e. The molecule has 6 nitrogen and oxygen atoms in total. The molecule has 2 atom stereocenters. The summed E-state index contributed by atoms with van der Waals surface area (Å²) in [5.41, 5.74) is 0.683. The molecule has 0 aromatic carbocycles. The Kier molecular flexibility index (Phi) is 4.71. The van der Waals surface area contributed by atoms with Crippen molar-refractivity contribution in [3.8, 4) is 0 Å². The highest BCUT2D eigenvalue weighted by Crippen LogP contribution is 2.34. The molecule has 102 valence electrons. The van der Waals surface area contributed by atoms with Crippen LogP contribution in [0.1, 0.15) is 19.3 Å². The van der Waals surface area contributed by atoms with E-state index in [1.54, 1.807) is 0 Å². The van der Waals surface area contributed by atoms with E-state index < -0.39 is 6.10 Å². The van der Waals surface area contributed by atoms with Gasteiger partial charge in [-0.05, 0) is 26.3 Å². The Labute approximate surface area is 107 Å². The highest BCUT2D eigenvalue weighted by Gasteiger charge is 2.37. The fourth-order valence-corrected chi connectivity index (χ4v) is 1.79. The molecule has 0 aromatic rings. The minimum atomic E-state index is -0.605. The molecule has 2 aliphatic rings. The molecule has 1 heterocycles. The van der Waals surface area contributed by atoms with Crippen molar-refractivity contribution in [3.63, 3.8) is 0 Å². The number of nitrogens with one attached hydrogen (secondary N) is 3. The molecule has 1 saturated carbocycles. The van der Waals surface area contributed by atoms with E-state index in [-0.39, 0.29) is 12.1 Å². The van der Waals surface area contributed by atoms with Gasteiger partial charge in [0.15, 0.2) is 6.10 Å². The van der Waals surface area contributed by atoms with Crippen molar-refractivity contribution >= 4 is 5.91 Å². The van der Waals surface area contributed by atoms with Gasteiger partial charge in [-0.2, -0.15) is 0 Å². The standard InChI is InChI=1S/C12H21N3O3/c1-8(5-6-13-2)15-11(16)10-7-14-12(18-17-10)9-3-4-9/h9-10,12-14H,1,3-7H2,2H3,(H,15,16). The van der Waals surface area contributed by atoms with Gasteiger partial charge < -0.3 is 10.6 Å². The number of amides is 1. The lowest BCUT2D eigenvalue weighted by Gasteiger charge is -2.28. The van der Waals surface area contributed by atoms with Crippen LogP contribution in [0.4, 0.5) is 0 Å². The normalized spacial score (nSPS) is 27.8. The van der Waals surface area contributed by atoms with Crippen LogP contribution in [0.2, 0.25) is 0 Å². The third kappa shape index (κ3) is 3.78. The van der Waals surface area contributed by atoms with Crippen molar-refractivity contribution in [2.24, 2.45) is 5.92 Å².